The zero-order chi connectivity index (χ0) is 9.68. The molecule has 0 bridgehead atoms. The first-order chi connectivity index (χ1) is 6.29. The van der Waals surface area contributed by atoms with E-state index >= 15 is 0 Å². The Morgan fingerprint density at radius 1 is 1.38 bits per heavy atom. The maximum Gasteiger partial charge on any atom is 0.0264 e. The first-order valence-corrected chi connectivity index (χ1v) is 5.75. The first kappa shape index (κ1) is 11.0. The third kappa shape index (κ3) is 2.96. The van der Waals surface area contributed by atoms with Gasteiger partial charge in [0.25, 0.3) is 0 Å². The van der Waals surface area contributed by atoms with E-state index < -0.39 is 0 Å². The van der Waals surface area contributed by atoms with Gasteiger partial charge < -0.3 is 0 Å². The largest absolute Gasteiger partial charge is 0.271 e. The Balaban J connectivity index is 2.39. The predicted molar refractivity (Wildman–Crippen MR) is 57.1 cm³/mol. The lowest BCUT2D eigenvalue weighted by atomic mass is 9.86. The smallest absolute Gasteiger partial charge is 0.0264 e. The number of rotatable bonds is 5. The number of nitrogens with two attached hydrogens (primary N) is 1. The lowest BCUT2D eigenvalue weighted by Gasteiger charge is -2.28. The van der Waals surface area contributed by atoms with E-state index in [-0.39, 0.29) is 0 Å². The summed E-state index contributed by atoms with van der Waals surface area (Å²) in [6.45, 7) is 4.57. The molecule has 2 nitrogen and oxygen atoms in total. The van der Waals surface area contributed by atoms with Crippen molar-refractivity contribution in [2.24, 2.45) is 17.7 Å². The highest BCUT2D eigenvalue weighted by atomic mass is 15.2. The Hall–Kier alpha value is -0.0800. The molecule has 0 aliphatic heterocycles. The zero-order valence-electron chi connectivity index (χ0n) is 9.05. The highest BCUT2D eigenvalue weighted by molar-refractivity contribution is 4.82. The van der Waals surface area contributed by atoms with E-state index in [1.165, 1.54) is 38.5 Å². The van der Waals surface area contributed by atoms with Crippen LogP contribution in [-0.4, -0.2) is 6.04 Å². The van der Waals surface area contributed by atoms with Crippen LogP contribution in [0.15, 0.2) is 0 Å². The average Bonchev–Trinajstić information content (AvgIpc) is 2.59. The molecule has 1 rings (SSSR count). The highest BCUT2D eigenvalue weighted by Crippen LogP contribution is 2.31. The summed E-state index contributed by atoms with van der Waals surface area (Å²) >= 11 is 0. The van der Waals surface area contributed by atoms with Crippen molar-refractivity contribution in [3.8, 4) is 0 Å². The van der Waals surface area contributed by atoms with Crippen molar-refractivity contribution >= 4 is 0 Å². The van der Waals surface area contributed by atoms with E-state index in [0.29, 0.717) is 6.04 Å². The molecule has 2 atom stereocenters. The fourth-order valence-corrected chi connectivity index (χ4v) is 2.72. The van der Waals surface area contributed by atoms with Gasteiger partial charge in [-0.15, -0.1) is 0 Å². The van der Waals surface area contributed by atoms with Gasteiger partial charge in [-0.25, -0.2) is 0 Å². The van der Waals surface area contributed by atoms with E-state index in [1.54, 1.807) is 0 Å². The van der Waals surface area contributed by atoms with Crippen molar-refractivity contribution in [2.45, 2.75) is 58.4 Å². The maximum absolute atomic E-state index is 5.63. The molecule has 1 fully saturated rings. The molecule has 0 amide bonds. The lowest BCUT2D eigenvalue weighted by Crippen LogP contribution is -2.44. The van der Waals surface area contributed by atoms with Crippen molar-refractivity contribution in [2.75, 3.05) is 0 Å². The molecule has 0 saturated heterocycles. The number of hydrogen-bond donors (Lipinski definition) is 2. The molecule has 1 aliphatic rings. The van der Waals surface area contributed by atoms with Gasteiger partial charge in [0.05, 0.1) is 0 Å². The predicted octanol–water partition coefficient (Wildman–Crippen LogP) is 2.44. The molecule has 0 aromatic rings. The highest BCUT2D eigenvalue weighted by Gasteiger charge is 2.27. The van der Waals surface area contributed by atoms with Crippen LogP contribution in [-0.2, 0) is 0 Å². The molecule has 0 aromatic carbocycles. The zero-order valence-corrected chi connectivity index (χ0v) is 9.05. The molecule has 78 valence electrons. The Bertz CT molecular complexity index is 130. The minimum absolute atomic E-state index is 0.558. The number of hydrazine groups is 1. The van der Waals surface area contributed by atoms with Gasteiger partial charge >= 0.3 is 0 Å². The van der Waals surface area contributed by atoms with Gasteiger partial charge in [-0.2, -0.15) is 0 Å². The van der Waals surface area contributed by atoms with Crippen molar-refractivity contribution in [1.29, 1.82) is 0 Å². The van der Waals surface area contributed by atoms with Crippen LogP contribution in [0.3, 0.4) is 0 Å². The molecular weight excluding hydrogens is 160 g/mol. The standard InChI is InChI=1S/C11H24N2/c1-3-6-9(2)11(13-12)10-7-4-5-8-10/h9-11,13H,3-8,12H2,1-2H3. The summed E-state index contributed by atoms with van der Waals surface area (Å²) in [6.07, 6.45) is 8.13. The van der Waals surface area contributed by atoms with Crippen LogP contribution < -0.4 is 11.3 Å². The molecule has 13 heavy (non-hydrogen) atoms. The summed E-state index contributed by atoms with van der Waals surface area (Å²) < 4.78 is 0. The molecule has 1 saturated carbocycles. The fraction of sp³-hybridized carbons (Fsp3) is 1.00. The van der Waals surface area contributed by atoms with E-state index in [2.05, 4.69) is 19.3 Å². The monoisotopic (exact) mass is 184 g/mol. The average molecular weight is 184 g/mol. The second-order valence-corrected chi connectivity index (χ2v) is 4.50. The molecule has 0 heterocycles. The maximum atomic E-state index is 5.63. The van der Waals surface area contributed by atoms with Crippen LogP contribution in [0.25, 0.3) is 0 Å². The topological polar surface area (TPSA) is 38.0 Å². The number of hydrogen-bond acceptors (Lipinski definition) is 2. The van der Waals surface area contributed by atoms with Gasteiger partial charge in [0, 0.05) is 6.04 Å². The van der Waals surface area contributed by atoms with E-state index in [4.69, 9.17) is 5.84 Å². The Kier molecular flexibility index (Phi) is 4.74. The van der Waals surface area contributed by atoms with Crippen LogP contribution in [0, 0.1) is 11.8 Å². The SMILES string of the molecule is CCCC(C)C(NN)C1CCCC1. The van der Waals surface area contributed by atoms with Crippen LogP contribution in [0.1, 0.15) is 52.4 Å². The van der Waals surface area contributed by atoms with Crippen LogP contribution in [0.5, 0.6) is 0 Å². The van der Waals surface area contributed by atoms with Crippen LogP contribution in [0.2, 0.25) is 0 Å². The Morgan fingerprint density at radius 2 is 2.00 bits per heavy atom. The molecule has 2 heteroatoms. The molecule has 0 radical (unpaired) electrons. The quantitative estimate of drug-likeness (QED) is 0.509. The van der Waals surface area contributed by atoms with Crippen molar-refractivity contribution in [3.63, 3.8) is 0 Å². The normalized spacial score (nSPS) is 23.3. The molecular formula is C11H24N2. The van der Waals surface area contributed by atoms with Gasteiger partial charge in [-0.3, -0.25) is 11.3 Å². The van der Waals surface area contributed by atoms with Gasteiger partial charge in [-0.05, 0) is 31.1 Å². The Labute approximate surface area is 82.2 Å². The van der Waals surface area contributed by atoms with E-state index in [1.807, 2.05) is 0 Å². The second kappa shape index (κ2) is 5.61. The third-order valence-electron chi connectivity index (χ3n) is 3.46. The fourth-order valence-electron chi connectivity index (χ4n) is 2.72. The molecule has 0 aromatic heterocycles. The molecule has 2 unspecified atom stereocenters. The summed E-state index contributed by atoms with van der Waals surface area (Å²) in [5.41, 5.74) is 3.03. The molecule has 3 N–H and O–H groups in total. The summed E-state index contributed by atoms with van der Waals surface area (Å²) in [5, 5.41) is 0. The lowest BCUT2D eigenvalue weighted by molar-refractivity contribution is 0.262. The summed E-state index contributed by atoms with van der Waals surface area (Å²) in [5.74, 6) is 7.21. The van der Waals surface area contributed by atoms with Crippen molar-refractivity contribution in [1.82, 2.24) is 5.43 Å². The van der Waals surface area contributed by atoms with Gasteiger partial charge in [-0.1, -0.05) is 33.1 Å². The van der Waals surface area contributed by atoms with E-state index in [9.17, 15) is 0 Å². The van der Waals surface area contributed by atoms with Crippen LogP contribution in [0.4, 0.5) is 0 Å². The molecule has 0 spiro atoms. The summed E-state index contributed by atoms with van der Waals surface area (Å²) in [4.78, 5) is 0. The Morgan fingerprint density at radius 3 is 2.46 bits per heavy atom. The van der Waals surface area contributed by atoms with Gasteiger partial charge in [0.2, 0.25) is 0 Å². The van der Waals surface area contributed by atoms with Gasteiger partial charge in [0.1, 0.15) is 0 Å². The minimum atomic E-state index is 0.558. The summed E-state index contributed by atoms with van der Waals surface area (Å²) in [7, 11) is 0. The second-order valence-electron chi connectivity index (χ2n) is 4.50. The van der Waals surface area contributed by atoms with E-state index in [0.717, 1.165) is 11.8 Å². The molecule has 1 aliphatic carbocycles. The van der Waals surface area contributed by atoms with Crippen molar-refractivity contribution < 1.29 is 0 Å². The third-order valence-corrected chi connectivity index (χ3v) is 3.46. The first-order valence-electron chi connectivity index (χ1n) is 5.75. The van der Waals surface area contributed by atoms with Crippen molar-refractivity contribution in [3.05, 3.63) is 0 Å². The number of nitrogens with one attached hydrogen (secondary N) is 1. The minimum Gasteiger partial charge on any atom is -0.271 e. The van der Waals surface area contributed by atoms with Crippen LogP contribution >= 0.6 is 0 Å². The summed E-state index contributed by atoms with van der Waals surface area (Å²) in [6, 6.07) is 0.558. The van der Waals surface area contributed by atoms with Gasteiger partial charge in [0.15, 0.2) is 0 Å².